The van der Waals surface area contributed by atoms with E-state index in [0.29, 0.717) is 10.9 Å². The van der Waals surface area contributed by atoms with Gasteiger partial charge in [-0.25, -0.2) is 9.98 Å². The summed E-state index contributed by atoms with van der Waals surface area (Å²) in [5.74, 6) is 0.671. The lowest BCUT2D eigenvalue weighted by molar-refractivity contribution is 0.495. The average molecular weight is 403 g/mol. The van der Waals surface area contributed by atoms with Gasteiger partial charge in [0.05, 0.1) is 23.5 Å². The molecule has 28 heavy (non-hydrogen) atoms. The predicted molar refractivity (Wildman–Crippen MR) is 114 cm³/mol. The zero-order valence-electron chi connectivity index (χ0n) is 14.7. The number of fused-ring (bicyclic) bond motifs is 1. The van der Waals surface area contributed by atoms with Crippen molar-refractivity contribution in [3.05, 3.63) is 118 Å². The smallest absolute Gasteiger partial charge is 0.204 e. The Morgan fingerprint density at radius 3 is 2.61 bits per heavy atom. The van der Waals surface area contributed by atoms with E-state index >= 15 is 0 Å². The van der Waals surface area contributed by atoms with Gasteiger partial charge in [-0.2, -0.15) is 0 Å². The van der Waals surface area contributed by atoms with E-state index in [1.807, 2.05) is 30.3 Å². The molecule has 2 aliphatic rings. The maximum absolute atomic E-state index is 6.09. The van der Waals surface area contributed by atoms with E-state index in [1.54, 1.807) is 24.2 Å². The minimum absolute atomic E-state index is 0.00745. The van der Waals surface area contributed by atoms with Crippen LogP contribution in [0.4, 0.5) is 0 Å². The first-order valence-electron chi connectivity index (χ1n) is 8.90. The summed E-state index contributed by atoms with van der Waals surface area (Å²) in [6.45, 7) is 0. The first-order chi connectivity index (χ1) is 13.8. The molecule has 1 unspecified atom stereocenters. The number of oxazole rings is 1. The second-order valence-corrected chi connectivity index (χ2v) is 7.95. The van der Waals surface area contributed by atoms with E-state index in [-0.39, 0.29) is 5.92 Å². The molecule has 5 heteroatoms. The highest BCUT2D eigenvalue weighted by molar-refractivity contribution is 8.03. The van der Waals surface area contributed by atoms with Gasteiger partial charge in [0.1, 0.15) is 6.26 Å². The zero-order valence-corrected chi connectivity index (χ0v) is 16.3. The van der Waals surface area contributed by atoms with Crippen molar-refractivity contribution in [3.63, 3.8) is 0 Å². The lowest BCUT2D eigenvalue weighted by Crippen LogP contribution is -2.04. The molecule has 2 heterocycles. The summed E-state index contributed by atoms with van der Waals surface area (Å²) in [6, 6.07) is 16.2. The van der Waals surface area contributed by atoms with E-state index in [4.69, 9.17) is 21.0 Å². The van der Waals surface area contributed by atoms with Crippen LogP contribution in [0.1, 0.15) is 22.9 Å². The van der Waals surface area contributed by atoms with Gasteiger partial charge >= 0.3 is 0 Å². The van der Waals surface area contributed by atoms with Crippen molar-refractivity contribution >= 4 is 29.1 Å². The molecule has 0 bridgehead atoms. The summed E-state index contributed by atoms with van der Waals surface area (Å²) in [6.07, 6.45) is 11.6. The van der Waals surface area contributed by atoms with Gasteiger partial charge in [-0.1, -0.05) is 65.8 Å². The molecule has 136 valence electrons. The first-order valence-corrected chi connectivity index (χ1v) is 10.1. The Bertz CT molecular complexity index is 1140. The van der Waals surface area contributed by atoms with Gasteiger partial charge in [-0.05, 0) is 30.4 Å². The van der Waals surface area contributed by atoms with Gasteiger partial charge in [0.15, 0.2) is 0 Å². The molecular weight excluding hydrogens is 388 g/mol. The van der Waals surface area contributed by atoms with Crippen molar-refractivity contribution in [1.29, 1.82) is 0 Å². The van der Waals surface area contributed by atoms with Gasteiger partial charge in [-0.3, -0.25) is 0 Å². The molecule has 3 nitrogen and oxygen atoms in total. The highest BCUT2D eigenvalue weighted by Gasteiger charge is 2.21. The number of aliphatic imine (C=N–C) groups is 1. The Labute approximate surface area is 172 Å². The lowest BCUT2D eigenvalue weighted by atomic mass is 10.0. The topological polar surface area (TPSA) is 38.4 Å². The van der Waals surface area contributed by atoms with Gasteiger partial charge in [0.2, 0.25) is 5.89 Å². The van der Waals surface area contributed by atoms with Gasteiger partial charge in [-0.15, -0.1) is 0 Å². The summed E-state index contributed by atoms with van der Waals surface area (Å²) >= 11 is 7.82. The van der Waals surface area contributed by atoms with Crippen LogP contribution in [-0.4, -0.2) is 10.7 Å². The minimum atomic E-state index is -0.00745. The van der Waals surface area contributed by atoms with E-state index in [9.17, 15) is 0 Å². The van der Waals surface area contributed by atoms with Gasteiger partial charge in [0, 0.05) is 26.0 Å². The number of benzene rings is 2. The molecule has 1 atom stereocenters. The van der Waals surface area contributed by atoms with Crippen molar-refractivity contribution in [2.24, 2.45) is 4.99 Å². The quantitative estimate of drug-likeness (QED) is 0.498. The first kappa shape index (κ1) is 17.3. The Morgan fingerprint density at radius 1 is 0.964 bits per heavy atom. The standard InChI is InChI=1S/C23H15ClN2OS/c24-17-9-5-15(6-10-17)22-18-3-1-2-4-20(18)28-21-12-8-16(7-11-19(21)26-22)23-25-13-14-27-23/h1-14,16H. The Kier molecular flexibility index (Phi) is 4.51. The number of hydrogen-bond acceptors (Lipinski definition) is 4. The number of allylic oxidation sites excluding steroid dienone is 4. The van der Waals surface area contributed by atoms with E-state index < -0.39 is 0 Å². The van der Waals surface area contributed by atoms with Crippen LogP contribution in [0, 0.1) is 0 Å². The third-order valence-electron chi connectivity index (χ3n) is 4.62. The van der Waals surface area contributed by atoms with Crippen molar-refractivity contribution in [2.45, 2.75) is 10.8 Å². The van der Waals surface area contributed by atoms with Crippen LogP contribution < -0.4 is 0 Å². The second-order valence-electron chi connectivity index (χ2n) is 6.43. The van der Waals surface area contributed by atoms with Crippen LogP contribution in [0.5, 0.6) is 0 Å². The van der Waals surface area contributed by atoms with Gasteiger partial charge < -0.3 is 4.42 Å². The molecule has 0 saturated heterocycles. The molecule has 1 aromatic heterocycles. The zero-order chi connectivity index (χ0) is 18.9. The monoisotopic (exact) mass is 402 g/mol. The SMILES string of the molecule is Clc1ccc(C2=NC3=C(C=CC(c4ncco4)C=C3)Sc3ccccc32)cc1. The number of nitrogens with zero attached hydrogens (tertiary/aromatic N) is 2. The Balaban J connectivity index is 1.63. The molecule has 5 rings (SSSR count). The molecule has 0 fully saturated rings. The molecule has 1 aliphatic carbocycles. The van der Waals surface area contributed by atoms with Crippen molar-refractivity contribution < 1.29 is 4.42 Å². The normalized spacial score (nSPS) is 18.2. The molecule has 1 aliphatic heterocycles. The molecule has 0 radical (unpaired) electrons. The number of thioether (sulfide) groups is 1. The highest BCUT2D eigenvalue weighted by Crippen LogP contribution is 2.39. The van der Waals surface area contributed by atoms with Crippen molar-refractivity contribution in [2.75, 3.05) is 0 Å². The molecule has 0 amide bonds. The van der Waals surface area contributed by atoms with Crippen LogP contribution in [0.15, 0.2) is 110 Å². The number of rotatable bonds is 2. The van der Waals surface area contributed by atoms with E-state index in [1.165, 1.54) is 4.90 Å². The van der Waals surface area contributed by atoms with Crippen LogP contribution in [0.25, 0.3) is 0 Å². The van der Waals surface area contributed by atoms with Gasteiger partial charge in [0.25, 0.3) is 0 Å². The summed E-state index contributed by atoms with van der Waals surface area (Å²) in [7, 11) is 0. The molecule has 0 saturated carbocycles. The highest BCUT2D eigenvalue weighted by atomic mass is 35.5. The Morgan fingerprint density at radius 2 is 1.79 bits per heavy atom. The predicted octanol–water partition coefficient (Wildman–Crippen LogP) is 6.39. The van der Waals surface area contributed by atoms with E-state index in [2.05, 4.69) is 47.5 Å². The molecule has 0 N–H and O–H groups in total. The fourth-order valence-electron chi connectivity index (χ4n) is 3.24. The fraction of sp³-hybridized carbons (Fsp3) is 0.0435. The molecule has 0 spiro atoms. The summed E-state index contributed by atoms with van der Waals surface area (Å²) in [4.78, 5) is 11.6. The summed E-state index contributed by atoms with van der Waals surface area (Å²) in [5.41, 5.74) is 4.03. The van der Waals surface area contributed by atoms with Crippen molar-refractivity contribution in [1.82, 2.24) is 4.98 Å². The van der Waals surface area contributed by atoms with Crippen molar-refractivity contribution in [3.8, 4) is 0 Å². The Hall–Kier alpha value is -2.82. The maximum atomic E-state index is 6.09. The number of aromatic nitrogens is 1. The van der Waals surface area contributed by atoms with Crippen LogP contribution in [-0.2, 0) is 0 Å². The van der Waals surface area contributed by atoms with Crippen LogP contribution in [0.3, 0.4) is 0 Å². The molecule has 2 aromatic carbocycles. The maximum Gasteiger partial charge on any atom is 0.204 e. The van der Waals surface area contributed by atoms with E-state index in [0.717, 1.165) is 27.4 Å². The number of halogens is 1. The largest absolute Gasteiger partial charge is 0.448 e. The number of hydrogen-bond donors (Lipinski definition) is 0. The van der Waals surface area contributed by atoms with Crippen LogP contribution >= 0.6 is 23.4 Å². The average Bonchev–Trinajstić information content (AvgIpc) is 3.11. The third kappa shape index (κ3) is 3.26. The van der Waals surface area contributed by atoms with Crippen LogP contribution in [0.2, 0.25) is 5.02 Å². The second kappa shape index (κ2) is 7.30. The third-order valence-corrected chi connectivity index (χ3v) is 6.01. The lowest BCUT2D eigenvalue weighted by Gasteiger charge is -2.09. The summed E-state index contributed by atoms with van der Waals surface area (Å²) in [5, 5.41) is 0.714. The summed E-state index contributed by atoms with van der Waals surface area (Å²) < 4.78 is 5.48. The fourth-order valence-corrected chi connectivity index (χ4v) is 4.39. The molecular formula is C23H15ClN2OS. The minimum Gasteiger partial charge on any atom is -0.448 e. The molecule has 3 aromatic rings.